The van der Waals surface area contributed by atoms with Crippen molar-refractivity contribution in [2.24, 2.45) is 0 Å². The fourth-order valence-corrected chi connectivity index (χ4v) is 2.22. The monoisotopic (exact) mass is 293 g/mol. The average Bonchev–Trinajstić information content (AvgIpc) is 2.30. The summed E-state index contributed by atoms with van der Waals surface area (Å²) in [7, 11) is 2.17. The van der Waals surface area contributed by atoms with E-state index in [0.29, 0.717) is 6.04 Å². The summed E-state index contributed by atoms with van der Waals surface area (Å²) in [5, 5.41) is 0. The van der Waals surface area contributed by atoms with E-state index in [-0.39, 0.29) is 29.6 Å². The van der Waals surface area contributed by atoms with Gasteiger partial charge in [-0.3, -0.25) is 0 Å². The molecule has 0 amide bonds. The number of hydrogen-bond donors (Lipinski definition) is 0. The van der Waals surface area contributed by atoms with Crippen LogP contribution in [0.25, 0.3) is 0 Å². The number of nitrogens with zero attached hydrogens (tertiary/aromatic N) is 1. The van der Waals surface area contributed by atoms with Crippen molar-refractivity contribution in [3.05, 3.63) is 28.7 Å². The number of ether oxygens (including phenoxy) is 1. The summed E-state index contributed by atoms with van der Waals surface area (Å²) in [6.07, 6.45) is 2.26. The van der Waals surface area contributed by atoms with Gasteiger partial charge in [-0.1, -0.05) is 15.9 Å². The Hall–Kier alpha value is 0.460. The summed E-state index contributed by atoms with van der Waals surface area (Å²) in [5.41, 5.74) is 1.28. The Labute approximate surface area is 128 Å². The summed E-state index contributed by atoms with van der Waals surface area (Å²) >= 11 is 3.45. The molecule has 0 unspecified atom stereocenters. The molecule has 1 saturated heterocycles. The molecular formula is C12H17BrNNaO. The van der Waals surface area contributed by atoms with Gasteiger partial charge in [-0.25, -0.2) is 0 Å². The standard InChI is InChI=1S/C12H16BrNO.Na.H/c1-14(12-6-8-15-9-7-12)11-4-2-10(13)3-5-11;;/h2-5,12H,6-9H2,1H3;;. The molecule has 16 heavy (non-hydrogen) atoms. The van der Waals surface area contributed by atoms with Crippen molar-refractivity contribution in [1.82, 2.24) is 0 Å². The summed E-state index contributed by atoms with van der Waals surface area (Å²) < 4.78 is 6.50. The first-order valence-corrected chi connectivity index (χ1v) is 6.13. The fraction of sp³-hybridized carbons (Fsp3) is 0.500. The summed E-state index contributed by atoms with van der Waals surface area (Å²) in [5.74, 6) is 0. The van der Waals surface area contributed by atoms with Crippen molar-refractivity contribution in [3.63, 3.8) is 0 Å². The second-order valence-corrected chi connectivity index (χ2v) is 4.85. The van der Waals surface area contributed by atoms with Crippen LogP contribution in [0.3, 0.4) is 0 Å². The van der Waals surface area contributed by atoms with Crippen LogP contribution in [0, 0.1) is 0 Å². The van der Waals surface area contributed by atoms with E-state index in [1.807, 2.05) is 0 Å². The van der Waals surface area contributed by atoms with Crippen LogP contribution < -0.4 is 4.90 Å². The fourth-order valence-electron chi connectivity index (χ4n) is 1.96. The van der Waals surface area contributed by atoms with Crippen LogP contribution in [0.4, 0.5) is 5.69 Å². The molecule has 84 valence electrons. The molecule has 0 aliphatic carbocycles. The van der Waals surface area contributed by atoms with E-state index in [1.54, 1.807) is 0 Å². The summed E-state index contributed by atoms with van der Waals surface area (Å²) in [6.45, 7) is 1.79. The van der Waals surface area contributed by atoms with Crippen molar-refractivity contribution < 1.29 is 4.74 Å². The van der Waals surface area contributed by atoms with Crippen LogP contribution in [-0.4, -0.2) is 55.9 Å². The summed E-state index contributed by atoms with van der Waals surface area (Å²) in [6, 6.07) is 9.11. The minimum atomic E-state index is 0. The normalized spacial score (nSPS) is 16.6. The Kier molecular flexibility index (Phi) is 6.37. The van der Waals surface area contributed by atoms with Crippen molar-refractivity contribution in [3.8, 4) is 0 Å². The first-order chi connectivity index (χ1) is 7.27. The molecule has 0 bridgehead atoms. The molecule has 0 spiro atoms. The molecule has 1 fully saturated rings. The van der Waals surface area contributed by atoms with Crippen LogP contribution in [0.2, 0.25) is 0 Å². The van der Waals surface area contributed by atoms with E-state index in [9.17, 15) is 0 Å². The van der Waals surface area contributed by atoms with E-state index in [1.165, 1.54) is 5.69 Å². The molecule has 1 aliphatic heterocycles. The predicted octanol–water partition coefficient (Wildman–Crippen LogP) is 2.42. The van der Waals surface area contributed by atoms with Gasteiger partial charge >= 0.3 is 29.6 Å². The van der Waals surface area contributed by atoms with Gasteiger partial charge in [0.15, 0.2) is 0 Å². The molecule has 0 radical (unpaired) electrons. The van der Waals surface area contributed by atoms with Crippen LogP contribution in [0.15, 0.2) is 28.7 Å². The Morgan fingerprint density at radius 1 is 1.19 bits per heavy atom. The predicted molar refractivity (Wildman–Crippen MR) is 73.5 cm³/mol. The topological polar surface area (TPSA) is 12.5 Å². The molecular weight excluding hydrogens is 277 g/mol. The maximum atomic E-state index is 5.37. The number of hydrogen-bond acceptors (Lipinski definition) is 2. The van der Waals surface area contributed by atoms with Crippen molar-refractivity contribution in [1.29, 1.82) is 0 Å². The maximum absolute atomic E-state index is 5.37. The zero-order valence-corrected chi connectivity index (χ0v) is 10.5. The average molecular weight is 294 g/mol. The molecule has 0 N–H and O–H groups in total. The molecule has 1 aromatic rings. The van der Waals surface area contributed by atoms with Crippen molar-refractivity contribution in [2.75, 3.05) is 25.2 Å². The van der Waals surface area contributed by atoms with Gasteiger partial charge < -0.3 is 9.64 Å². The van der Waals surface area contributed by atoms with Gasteiger partial charge in [-0.05, 0) is 37.1 Å². The van der Waals surface area contributed by atoms with Gasteiger partial charge in [0.05, 0.1) is 0 Å². The zero-order valence-electron chi connectivity index (χ0n) is 8.95. The van der Waals surface area contributed by atoms with E-state index < -0.39 is 0 Å². The van der Waals surface area contributed by atoms with E-state index in [4.69, 9.17) is 4.74 Å². The van der Waals surface area contributed by atoms with E-state index in [2.05, 4.69) is 52.1 Å². The molecule has 0 aromatic heterocycles. The molecule has 0 atom stereocenters. The van der Waals surface area contributed by atoms with Crippen LogP contribution in [-0.2, 0) is 4.74 Å². The third-order valence-electron chi connectivity index (χ3n) is 2.97. The quantitative estimate of drug-likeness (QED) is 0.777. The van der Waals surface area contributed by atoms with Crippen molar-refractivity contribution >= 4 is 51.2 Å². The summed E-state index contributed by atoms with van der Waals surface area (Å²) in [4.78, 5) is 2.36. The van der Waals surface area contributed by atoms with Gasteiger partial charge in [-0.15, -0.1) is 0 Å². The molecule has 4 heteroatoms. The van der Waals surface area contributed by atoms with Crippen LogP contribution in [0.1, 0.15) is 12.8 Å². The molecule has 2 rings (SSSR count). The molecule has 1 heterocycles. The molecule has 0 saturated carbocycles. The van der Waals surface area contributed by atoms with Gasteiger partial charge in [0.1, 0.15) is 0 Å². The van der Waals surface area contributed by atoms with Crippen LogP contribution >= 0.6 is 15.9 Å². The Morgan fingerprint density at radius 2 is 1.75 bits per heavy atom. The Bertz CT molecular complexity index is 311. The number of benzene rings is 1. The number of rotatable bonds is 2. The van der Waals surface area contributed by atoms with Gasteiger partial charge in [0.2, 0.25) is 0 Å². The minimum absolute atomic E-state index is 0. The van der Waals surface area contributed by atoms with Gasteiger partial charge in [0, 0.05) is 36.5 Å². The second kappa shape index (κ2) is 7.02. The van der Waals surface area contributed by atoms with Crippen LogP contribution in [0.5, 0.6) is 0 Å². The number of anilines is 1. The first kappa shape index (κ1) is 14.5. The van der Waals surface area contributed by atoms with Gasteiger partial charge in [-0.2, -0.15) is 0 Å². The van der Waals surface area contributed by atoms with Gasteiger partial charge in [0.25, 0.3) is 0 Å². The zero-order chi connectivity index (χ0) is 10.7. The first-order valence-electron chi connectivity index (χ1n) is 5.33. The SMILES string of the molecule is CN(c1ccc(Br)cc1)C1CCOCC1.[NaH]. The number of halogens is 1. The molecule has 1 aromatic carbocycles. The Balaban J connectivity index is 0.00000128. The molecule has 1 aliphatic rings. The Morgan fingerprint density at radius 3 is 2.31 bits per heavy atom. The van der Waals surface area contributed by atoms with E-state index >= 15 is 0 Å². The molecule has 2 nitrogen and oxygen atoms in total. The third-order valence-corrected chi connectivity index (χ3v) is 3.50. The second-order valence-electron chi connectivity index (χ2n) is 3.93. The third kappa shape index (κ3) is 3.74. The van der Waals surface area contributed by atoms with E-state index in [0.717, 1.165) is 30.5 Å². The van der Waals surface area contributed by atoms with Crippen molar-refractivity contribution in [2.45, 2.75) is 18.9 Å².